The number of carbonyl (C=O) groups excluding carboxylic acids is 2. The van der Waals surface area contributed by atoms with Crippen LogP contribution < -0.4 is 5.32 Å². The van der Waals surface area contributed by atoms with Crippen molar-refractivity contribution in [3.8, 4) is 16.2 Å². The third kappa shape index (κ3) is 4.84. The van der Waals surface area contributed by atoms with E-state index in [0.29, 0.717) is 24.3 Å². The Bertz CT molecular complexity index is 1190. The number of hydrogen-bond donors (Lipinski definition) is 2. The molecular formula is C25H30N4O4S. The minimum absolute atomic E-state index is 0.00167. The Kier molecular flexibility index (Phi) is 7.02. The van der Waals surface area contributed by atoms with Crippen molar-refractivity contribution in [3.63, 3.8) is 0 Å². The Morgan fingerprint density at radius 1 is 1.29 bits per heavy atom. The topological polar surface area (TPSA) is 109 Å². The van der Waals surface area contributed by atoms with Gasteiger partial charge in [0.1, 0.15) is 23.5 Å². The predicted molar refractivity (Wildman–Crippen MR) is 129 cm³/mol. The second-order valence-corrected chi connectivity index (χ2v) is 9.96. The number of thiazole rings is 1. The van der Waals surface area contributed by atoms with E-state index in [1.807, 2.05) is 39.8 Å². The molecule has 0 saturated carbocycles. The number of hydrogen-bond acceptors (Lipinski definition) is 7. The van der Waals surface area contributed by atoms with Crippen LogP contribution in [0.25, 0.3) is 10.4 Å². The molecule has 1 aromatic carbocycles. The van der Waals surface area contributed by atoms with Gasteiger partial charge in [0.2, 0.25) is 11.8 Å². The van der Waals surface area contributed by atoms with E-state index in [9.17, 15) is 14.7 Å². The number of amides is 2. The van der Waals surface area contributed by atoms with Crippen molar-refractivity contribution in [3.05, 3.63) is 52.5 Å². The zero-order chi connectivity index (χ0) is 24.4. The molecule has 3 heterocycles. The Morgan fingerprint density at radius 3 is 2.71 bits per heavy atom. The normalized spacial score (nSPS) is 16.7. The summed E-state index contributed by atoms with van der Waals surface area (Å²) >= 11 is 1.52. The zero-order valence-corrected chi connectivity index (χ0v) is 20.7. The lowest BCUT2D eigenvalue weighted by Gasteiger charge is -2.29. The molecule has 4 rings (SSSR count). The van der Waals surface area contributed by atoms with Gasteiger partial charge in [0.05, 0.1) is 21.8 Å². The SMILES string of the molecule is Cc1cc(C(C(=O)N2CCC[C@H]2C(=O)NCc2ccc(-c3scnc3C)cc2O)C(C)C)on1. The number of aryl methyl sites for hydroxylation is 2. The molecule has 2 N–H and O–H groups in total. The van der Waals surface area contributed by atoms with Crippen molar-refractivity contribution in [2.45, 2.75) is 59.0 Å². The summed E-state index contributed by atoms with van der Waals surface area (Å²) in [6.45, 7) is 8.39. The van der Waals surface area contributed by atoms with Crippen LogP contribution in [0.15, 0.2) is 34.3 Å². The molecule has 0 bridgehead atoms. The molecule has 34 heavy (non-hydrogen) atoms. The van der Waals surface area contributed by atoms with Crippen molar-refractivity contribution in [1.82, 2.24) is 20.4 Å². The van der Waals surface area contributed by atoms with E-state index < -0.39 is 12.0 Å². The van der Waals surface area contributed by atoms with Crippen molar-refractivity contribution in [1.29, 1.82) is 0 Å². The van der Waals surface area contributed by atoms with E-state index in [0.717, 1.165) is 28.2 Å². The Balaban J connectivity index is 1.43. The van der Waals surface area contributed by atoms with Crippen molar-refractivity contribution in [2.75, 3.05) is 6.54 Å². The monoisotopic (exact) mass is 482 g/mol. The first-order valence-electron chi connectivity index (χ1n) is 11.5. The van der Waals surface area contributed by atoms with Crippen LogP contribution in [0.4, 0.5) is 0 Å². The molecule has 3 aromatic rings. The molecule has 8 nitrogen and oxygen atoms in total. The van der Waals surface area contributed by atoms with E-state index in [1.165, 1.54) is 11.3 Å². The average Bonchev–Trinajstić information content (AvgIpc) is 3.53. The summed E-state index contributed by atoms with van der Waals surface area (Å²) in [5.41, 5.74) is 4.92. The standard InChI is InChI=1S/C25H30N4O4S/c1-14(2)22(21-10-15(3)28-33-21)25(32)29-9-5-6-19(29)24(31)26-12-18-8-7-17(11-20(18)30)23-16(4)27-13-34-23/h7-8,10-11,13-14,19,22,30H,5-6,9,12H2,1-4H3,(H,26,31)/t19-,22?/m0/s1. The molecule has 2 aromatic heterocycles. The highest BCUT2D eigenvalue weighted by Crippen LogP contribution is 2.32. The van der Waals surface area contributed by atoms with Gasteiger partial charge in [-0.05, 0) is 44.2 Å². The predicted octanol–water partition coefficient (Wildman–Crippen LogP) is 4.17. The van der Waals surface area contributed by atoms with Crippen molar-refractivity contribution in [2.24, 2.45) is 5.92 Å². The van der Waals surface area contributed by atoms with Gasteiger partial charge in [-0.2, -0.15) is 0 Å². The van der Waals surface area contributed by atoms with Crippen LogP contribution in [0.3, 0.4) is 0 Å². The molecule has 1 aliphatic rings. The van der Waals surface area contributed by atoms with Crippen molar-refractivity contribution >= 4 is 23.2 Å². The first-order chi connectivity index (χ1) is 16.3. The van der Waals surface area contributed by atoms with E-state index in [4.69, 9.17) is 4.52 Å². The maximum absolute atomic E-state index is 13.4. The van der Waals surface area contributed by atoms with E-state index >= 15 is 0 Å². The van der Waals surface area contributed by atoms with Gasteiger partial charge in [-0.3, -0.25) is 9.59 Å². The largest absolute Gasteiger partial charge is 0.508 e. The van der Waals surface area contributed by atoms with Gasteiger partial charge in [0.15, 0.2) is 0 Å². The summed E-state index contributed by atoms with van der Waals surface area (Å²) in [5.74, 6) is -0.168. The van der Waals surface area contributed by atoms with Gasteiger partial charge in [-0.25, -0.2) is 4.98 Å². The third-order valence-corrected chi connectivity index (χ3v) is 7.25. The van der Waals surface area contributed by atoms with Crippen LogP contribution in [0.1, 0.15) is 55.3 Å². The molecule has 1 unspecified atom stereocenters. The molecule has 1 fully saturated rings. The minimum atomic E-state index is -0.543. The lowest BCUT2D eigenvalue weighted by Crippen LogP contribution is -2.47. The maximum atomic E-state index is 13.4. The molecule has 1 saturated heterocycles. The number of likely N-dealkylation sites (tertiary alicyclic amines) is 1. The molecule has 0 aliphatic carbocycles. The third-order valence-electron chi connectivity index (χ3n) is 6.27. The Hall–Kier alpha value is -3.20. The number of aromatic nitrogens is 2. The quantitative estimate of drug-likeness (QED) is 0.523. The highest BCUT2D eigenvalue weighted by Gasteiger charge is 2.40. The summed E-state index contributed by atoms with van der Waals surface area (Å²) in [5, 5.41) is 17.3. The number of nitrogens with zero attached hydrogens (tertiary/aromatic N) is 3. The number of carbonyl (C=O) groups is 2. The second kappa shape index (κ2) is 9.97. The molecule has 2 amide bonds. The lowest BCUT2D eigenvalue weighted by molar-refractivity contribution is -0.140. The van der Waals surface area contributed by atoms with Gasteiger partial charge in [0, 0.05) is 24.7 Å². The highest BCUT2D eigenvalue weighted by atomic mass is 32.1. The number of nitrogens with one attached hydrogen (secondary N) is 1. The van der Waals surface area contributed by atoms with Gasteiger partial charge in [-0.1, -0.05) is 31.1 Å². The summed E-state index contributed by atoms with van der Waals surface area (Å²) in [6.07, 6.45) is 1.37. The molecule has 180 valence electrons. The smallest absolute Gasteiger partial charge is 0.243 e. The number of rotatable bonds is 7. The molecule has 9 heteroatoms. The fraction of sp³-hybridized carbons (Fsp3) is 0.440. The number of phenols is 1. The average molecular weight is 483 g/mol. The first kappa shape index (κ1) is 23.9. The van der Waals surface area contributed by atoms with Crippen LogP contribution in [-0.4, -0.2) is 44.5 Å². The summed E-state index contributed by atoms with van der Waals surface area (Å²) in [4.78, 5) is 33.4. The molecule has 0 radical (unpaired) electrons. The summed E-state index contributed by atoms with van der Waals surface area (Å²) in [7, 11) is 0. The second-order valence-electron chi connectivity index (χ2n) is 9.11. The Morgan fingerprint density at radius 2 is 2.09 bits per heavy atom. The summed E-state index contributed by atoms with van der Waals surface area (Å²) < 4.78 is 5.40. The van der Waals surface area contributed by atoms with Gasteiger partial charge < -0.3 is 19.8 Å². The minimum Gasteiger partial charge on any atom is -0.508 e. The van der Waals surface area contributed by atoms with Gasteiger partial charge >= 0.3 is 0 Å². The van der Waals surface area contributed by atoms with Crippen LogP contribution in [0.5, 0.6) is 5.75 Å². The van der Waals surface area contributed by atoms with Crippen LogP contribution >= 0.6 is 11.3 Å². The summed E-state index contributed by atoms with van der Waals surface area (Å²) in [6, 6.07) is 6.66. The number of benzene rings is 1. The van der Waals surface area contributed by atoms with E-state index in [1.54, 1.807) is 22.5 Å². The first-order valence-corrected chi connectivity index (χ1v) is 12.4. The van der Waals surface area contributed by atoms with Crippen LogP contribution in [0, 0.1) is 19.8 Å². The molecular weight excluding hydrogens is 452 g/mol. The van der Waals surface area contributed by atoms with Gasteiger partial charge in [0.25, 0.3) is 0 Å². The zero-order valence-electron chi connectivity index (χ0n) is 19.9. The highest BCUT2D eigenvalue weighted by molar-refractivity contribution is 7.13. The molecule has 0 spiro atoms. The van der Waals surface area contributed by atoms with Crippen molar-refractivity contribution < 1.29 is 19.2 Å². The van der Waals surface area contributed by atoms with Crippen LogP contribution in [0.2, 0.25) is 0 Å². The fourth-order valence-electron chi connectivity index (χ4n) is 4.48. The van der Waals surface area contributed by atoms with E-state index in [-0.39, 0.29) is 30.0 Å². The Labute approximate surface area is 203 Å². The number of phenolic OH excluding ortho intramolecular Hbond substituents is 1. The fourth-order valence-corrected chi connectivity index (χ4v) is 5.28. The molecule has 1 aliphatic heterocycles. The van der Waals surface area contributed by atoms with Gasteiger partial charge in [-0.15, -0.1) is 11.3 Å². The maximum Gasteiger partial charge on any atom is 0.243 e. The van der Waals surface area contributed by atoms with E-state index in [2.05, 4.69) is 15.5 Å². The lowest BCUT2D eigenvalue weighted by atomic mass is 9.91. The number of aromatic hydroxyl groups is 1. The van der Waals surface area contributed by atoms with Crippen LogP contribution in [-0.2, 0) is 16.1 Å². The molecule has 2 atom stereocenters.